The summed E-state index contributed by atoms with van der Waals surface area (Å²) in [6.07, 6.45) is 5.48. The van der Waals surface area contributed by atoms with Crippen molar-refractivity contribution in [2.24, 2.45) is 5.92 Å². The highest BCUT2D eigenvalue weighted by molar-refractivity contribution is 7.17. The van der Waals surface area contributed by atoms with Gasteiger partial charge in [-0.05, 0) is 39.2 Å². The van der Waals surface area contributed by atoms with Crippen LogP contribution in [0.5, 0.6) is 0 Å². The number of halogens is 4. The van der Waals surface area contributed by atoms with Crippen LogP contribution in [0, 0.1) is 17.6 Å². The summed E-state index contributed by atoms with van der Waals surface area (Å²) in [4.78, 5) is 25.1. The van der Waals surface area contributed by atoms with Gasteiger partial charge < -0.3 is 10.2 Å². The third-order valence-electron chi connectivity index (χ3n) is 6.44. The Morgan fingerprint density at radius 1 is 1.18 bits per heavy atom. The average molecular weight is 486 g/mol. The number of pyridine rings is 1. The van der Waals surface area contributed by atoms with Crippen LogP contribution in [0.15, 0.2) is 18.5 Å². The molecule has 0 bridgehead atoms. The molecule has 0 aliphatic carbocycles. The molecule has 11 heteroatoms. The van der Waals surface area contributed by atoms with E-state index in [1.165, 1.54) is 17.5 Å². The van der Waals surface area contributed by atoms with Crippen molar-refractivity contribution < 1.29 is 22.4 Å². The number of anilines is 1. The van der Waals surface area contributed by atoms with E-state index in [-0.39, 0.29) is 18.3 Å². The first-order valence-corrected chi connectivity index (χ1v) is 11.9. The number of nitrogens with zero attached hydrogens (tertiary/aromatic N) is 4. The maximum absolute atomic E-state index is 13.8. The molecule has 2 aromatic rings. The average Bonchev–Trinajstić information content (AvgIpc) is 3.28. The van der Waals surface area contributed by atoms with Gasteiger partial charge in [-0.15, -0.1) is 0 Å². The Balaban J connectivity index is 1.28. The van der Waals surface area contributed by atoms with Gasteiger partial charge in [-0.1, -0.05) is 11.3 Å². The molecule has 1 N–H and O–H groups in total. The molecule has 33 heavy (non-hydrogen) atoms. The number of aromatic nitrogens is 2. The van der Waals surface area contributed by atoms with Gasteiger partial charge in [0.15, 0.2) is 5.13 Å². The Morgan fingerprint density at radius 3 is 2.64 bits per heavy atom. The number of hydrogen-bond acceptors (Lipinski definition) is 6. The SMILES string of the molecule is CC(F)(F)C1CCCN(C2CCN(c3ncc(C(=O)NCc4ncc(F)cc4F)s3)CC2)C1. The molecule has 2 aliphatic rings. The lowest BCUT2D eigenvalue weighted by molar-refractivity contribution is -0.0730. The van der Waals surface area contributed by atoms with E-state index < -0.39 is 29.4 Å². The van der Waals surface area contributed by atoms with Crippen LogP contribution in [0.4, 0.5) is 22.7 Å². The highest BCUT2D eigenvalue weighted by Crippen LogP contribution is 2.34. The normalized spacial score (nSPS) is 20.8. The number of carbonyl (C=O) groups is 1. The summed E-state index contributed by atoms with van der Waals surface area (Å²) in [7, 11) is 0. The second-order valence-corrected chi connectivity index (χ2v) is 9.79. The fraction of sp³-hybridized carbons (Fsp3) is 0.591. The monoisotopic (exact) mass is 485 g/mol. The third-order valence-corrected chi connectivity index (χ3v) is 7.50. The predicted octanol–water partition coefficient (Wildman–Crippen LogP) is 4.08. The largest absolute Gasteiger partial charge is 0.348 e. The second-order valence-electron chi connectivity index (χ2n) is 8.78. The molecule has 1 amide bonds. The van der Waals surface area contributed by atoms with Gasteiger partial charge in [-0.2, -0.15) is 0 Å². The van der Waals surface area contributed by atoms with Crippen molar-refractivity contribution >= 4 is 22.4 Å². The zero-order valence-corrected chi connectivity index (χ0v) is 19.2. The maximum Gasteiger partial charge on any atom is 0.263 e. The van der Waals surface area contributed by atoms with Gasteiger partial charge in [0.05, 0.1) is 24.6 Å². The molecule has 2 aliphatic heterocycles. The van der Waals surface area contributed by atoms with Crippen LogP contribution in [0.3, 0.4) is 0 Å². The quantitative estimate of drug-likeness (QED) is 0.625. The van der Waals surface area contributed by atoms with Gasteiger partial charge in [0, 0.05) is 37.7 Å². The number of rotatable bonds is 6. The van der Waals surface area contributed by atoms with Crippen LogP contribution in [0.25, 0.3) is 0 Å². The molecule has 1 unspecified atom stereocenters. The lowest BCUT2D eigenvalue weighted by Gasteiger charge is -2.43. The van der Waals surface area contributed by atoms with Crippen molar-refractivity contribution in [3.05, 3.63) is 40.7 Å². The standard InChI is InChI=1S/C22H27F4N5OS/c1-22(25,26)14-3-2-6-31(13-14)16-4-7-30(8-5-16)21-29-12-19(33-21)20(32)28-11-18-17(24)9-15(23)10-27-18/h9-10,12,14,16H,2-8,11,13H2,1H3,(H,28,32). The first-order chi connectivity index (χ1) is 15.7. The molecule has 6 nitrogen and oxygen atoms in total. The maximum atomic E-state index is 13.8. The molecular weight excluding hydrogens is 458 g/mol. The van der Waals surface area contributed by atoms with E-state index in [1.54, 1.807) is 0 Å². The Morgan fingerprint density at radius 2 is 1.94 bits per heavy atom. The van der Waals surface area contributed by atoms with Gasteiger partial charge in [0.1, 0.15) is 16.5 Å². The van der Waals surface area contributed by atoms with E-state index in [2.05, 4.69) is 25.1 Å². The Labute approximate surface area is 194 Å². The molecular formula is C22H27F4N5OS. The fourth-order valence-electron chi connectivity index (χ4n) is 4.51. The minimum absolute atomic E-state index is 0.0441. The molecule has 4 rings (SSSR count). The molecule has 0 spiro atoms. The summed E-state index contributed by atoms with van der Waals surface area (Å²) in [6.45, 7) is 3.66. The molecule has 4 heterocycles. The minimum Gasteiger partial charge on any atom is -0.348 e. The third kappa shape index (κ3) is 5.81. The predicted molar refractivity (Wildman–Crippen MR) is 118 cm³/mol. The molecule has 0 saturated carbocycles. The number of nitrogens with one attached hydrogen (secondary N) is 1. The zero-order chi connectivity index (χ0) is 23.6. The van der Waals surface area contributed by atoms with Gasteiger partial charge in [-0.25, -0.2) is 22.5 Å². The Hall–Kier alpha value is -2.27. The highest BCUT2D eigenvalue weighted by atomic mass is 32.1. The lowest BCUT2D eigenvalue weighted by atomic mass is 9.90. The van der Waals surface area contributed by atoms with Crippen molar-refractivity contribution in [2.45, 2.75) is 51.1 Å². The molecule has 2 saturated heterocycles. The van der Waals surface area contributed by atoms with E-state index in [9.17, 15) is 22.4 Å². The number of piperidine rings is 2. The van der Waals surface area contributed by atoms with Gasteiger partial charge in [0.25, 0.3) is 5.91 Å². The van der Waals surface area contributed by atoms with Crippen LogP contribution in [-0.4, -0.2) is 58.9 Å². The number of thiazole rings is 1. The highest BCUT2D eigenvalue weighted by Gasteiger charge is 2.39. The Kier molecular flexibility index (Phi) is 7.18. The number of hydrogen-bond donors (Lipinski definition) is 1. The van der Waals surface area contributed by atoms with Crippen molar-refractivity contribution in [3.63, 3.8) is 0 Å². The van der Waals surface area contributed by atoms with Crippen LogP contribution in [0.1, 0.15) is 48.0 Å². The summed E-state index contributed by atoms with van der Waals surface area (Å²) in [5, 5.41) is 3.30. The summed E-state index contributed by atoms with van der Waals surface area (Å²) in [6, 6.07) is 1.01. The Bertz CT molecular complexity index is 974. The van der Waals surface area contributed by atoms with Crippen LogP contribution >= 0.6 is 11.3 Å². The number of alkyl halides is 2. The molecule has 180 valence electrons. The van der Waals surface area contributed by atoms with Crippen LogP contribution < -0.4 is 10.2 Å². The fourth-order valence-corrected chi connectivity index (χ4v) is 5.40. The summed E-state index contributed by atoms with van der Waals surface area (Å²) >= 11 is 1.25. The van der Waals surface area contributed by atoms with Crippen molar-refractivity contribution in [2.75, 3.05) is 31.1 Å². The van der Waals surface area contributed by atoms with Gasteiger partial charge >= 0.3 is 0 Å². The topological polar surface area (TPSA) is 61.4 Å². The lowest BCUT2D eigenvalue weighted by Crippen LogP contribution is -2.50. The van der Waals surface area contributed by atoms with E-state index in [0.717, 1.165) is 63.2 Å². The molecule has 0 aromatic carbocycles. The summed E-state index contributed by atoms with van der Waals surface area (Å²) in [5.41, 5.74) is -0.0441. The number of amides is 1. The molecule has 2 fully saturated rings. The van der Waals surface area contributed by atoms with E-state index in [0.29, 0.717) is 17.8 Å². The molecule has 2 aromatic heterocycles. The van der Waals surface area contributed by atoms with Crippen molar-refractivity contribution in [1.29, 1.82) is 0 Å². The minimum atomic E-state index is -2.64. The van der Waals surface area contributed by atoms with Crippen molar-refractivity contribution in [1.82, 2.24) is 20.2 Å². The van der Waals surface area contributed by atoms with E-state index in [1.807, 2.05) is 0 Å². The molecule has 0 radical (unpaired) electrons. The van der Waals surface area contributed by atoms with Crippen LogP contribution in [0.2, 0.25) is 0 Å². The van der Waals surface area contributed by atoms with Gasteiger partial charge in [-0.3, -0.25) is 14.7 Å². The smallest absolute Gasteiger partial charge is 0.263 e. The molecule has 1 atom stereocenters. The van der Waals surface area contributed by atoms with Crippen LogP contribution in [-0.2, 0) is 6.54 Å². The summed E-state index contributed by atoms with van der Waals surface area (Å²) in [5.74, 6) is -5.22. The van der Waals surface area contributed by atoms with Crippen molar-refractivity contribution in [3.8, 4) is 0 Å². The summed E-state index contributed by atoms with van der Waals surface area (Å²) < 4.78 is 54.2. The first-order valence-electron chi connectivity index (χ1n) is 11.1. The second kappa shape index (κ2) is 9.92. The number of likely N-dealkylation sites (tertiary alicyclic amines) is 1. The zero-order valence-electron chi connectivity index (χ0n) is 18.4. The first kappa shape index (κ1) is 23.9. The van der Waals surface area contributed by atoms with E-state index >= 15 is 0 Å². The van der Waals surface area contributed by atoms with Gasteiger partial charge in [0.2, 0.25) is 5.92 Å². The van der Waals surface area contributed by atoms with E-state index in [4.69, 9.17) is 0 Å². The number of carbonyl (C=O) groups excluding carboxylic acids is 1.